The number of amides is 2. The van der Waals surface area contributed by atoms with E-state index in [1.807, 2.05) is 60.7 Å². The number of benzene rings is 3. The molecule has 1 aliphatic heterocycles. The minimum absolute atomic E-state index is 0.160. The van der Waals surface area contributed by atoms with Crippen LogP contribution in [0.4, 0.5) is 34.5 Å². The van der Waals surface area contributed by atoms with Crippen molar-refractivity contribution in [2.24, 2.45) is 0 Å². The zero-order valence-electron chi connectivity index (χ0n) is 19.5. The number of carbonyl (C=O) groups excluding carboxylic acids is 2. The summed E-state index contributed by atoms with van der Waals surface area (Å²) in [5, 5.41) is 12.3. The van der Waals surface area contributed by atoms with Gasteiger partial charge in [-0.2, -0.15) is 4.98 Å². The maximum absolute atomic E-state index is 12.6. The smallest absolute Gasteiger partial charge is 0.256 e. The Balaban J connectivity index is 1.40. The predicted octanol–water partition coefficient (Wildman–Crippen LogP) is 6.23. The molecule has 0 spiro atoms. The van der Waals surface area contributed by atoms with E-state index >= 15 is 0 Å². The predicted molar refractivity (Wildman–Crippen MR) is 148 cm³/mol. The number of carbonyl (C=O) groups is 2. The topological polar surface area (TPSA) is 108 Å². The third kappa shape index (κ3) is 5.34. The lowest BCUT2D eigenvalue weighted by Crippen LogP contribution is -2.09. The molecule has 2 amide bonds. The average molecular weight is 509 g/mol. The molecule has 0 fully saturated rings. The van der Waals surface area contributed by atoms with Gasteiger partial charge in [0.05, 0.1) is 17.6 Å². The van der Waals surface area contributed by atoms with Gasteiger partial charge in [0.2, 0.25) is 11.9 Å². The Hall–Kier alpha value is -4.95. The second-order valence-corrected chi connectivity index (χ2v) is 8.47. The van der Waals surface area contributed by atoms with Gasteiger partial charge in [0, 0.05) is 22.5 Å². The quantitative estimate of drug-likeness (QED) is 0.220. The first-order valence-corrected chi connectivity index (χ1v) is 11.7. The Morgan fingerprint density at radius 1 is 0.973 bits per heavy atom. The van der Waals surface area contributed by atoms with Crippen LogP contribution in [-0.2, 0) is 9.59 Å². The third-order valence-corrected chi connectivity index (χ3v) is 5.81. The number of hydrogen-bond acceptors (Lipinski definition) is 6. The normalized spacial score (nSPS) is 13.0. The molecule has 0 saturated heterocycles. The molecule has 0 unspecified atom stereocenters. The summed E-state index contributed by atoms with van der Waals surface area (Å²) in [6, 6.07) is 22.3. The zero-order chi connectivity index (χ0) is 25.8. The van der Waals surface area contributed by atoms with E-state index < -0.39 is 0 Å². The molecule has 0 atom stereocenters. The fourth-order valence-electron chi connectivity index (χ4n) is 3.78. The maximum Gasteiger partial charge on any atom is 0.256 e. The van der Waals surface area contributed by atoms with Crippen LogP contribution in [0.2, 0.25) is 5.02 Å². The Labute approximate surface area is 218 Å². The van der Waals surface area contributed by atoms with Crippen LogP contribution >= 0.6 is 11.6 Å². The minimum Gasteiger partial charge on any atom is -0.337 e. The van der Waals surface area contributed by atoms with Gasteiger partial charge >= 0.3 is 0 Å². The molecule has 0 aliphatic carbocycles. The monoisotopic (exact) mass is 508 g/mol. The van der Waals surface area contributed by atoms with Gasteiger partial charge in [-0.05, 0) is 48.0 Å². The van der Waals surface area contributed by atoms with Crippen LogP contribution in [0, 0.1) is 0 Å². The fraction of sp³-hybridized carbons (Fsp3) is 0. The van der Waals surface area contributed by atoms with Crippen LogP contribution in [0.5, 0.6) is 0 Å². The number of hydrogen-bond donors (Lipinski definition) is 4. The zero-order valence-corrected chi connectivity index (χ0v) is 20.2. The van der Waals surface area contributed by atoms with E-state index in [2.05, 4.69) is 37.8 Å². The second-order valence-electron chi connectivity index (χ2n) is 8.06. The van der Waals surface area contributed by atoms with Crippen molar-refractivity contribution in [3.8, 4) is 0 Å². The molecule has 8 nitrogen and oxygen atoms in total. The van der Waals surface area contributed by atoms with Crippen LogP contribution in [0.15, 0.2) is 91.6 Å². The van der Waals surface area contributed by atoms with Gasteiger partial charge in [0.15, 0.2) is 5.82 Å². The number of para-hydroxylation sites is 2. The van der Waals surface area contributed by atoms with Gasteiger partial charge in [-0.3, -0.25) is 9.59 Å². The minimum atomic E-state index is -0.337. The first-order chi connectivity index (χ1) is 18.0. The molecular weight excluding hydrogens is 488 g/mol. The Bertz CT molecular complexity index is 1550. The lowest BCUT2D eigenvalue weighted by atomic mass is 10.0. The first kappa shape index (κ1) is 23.8. The SMILES string of the molecule is C=CC(=O)Nc1ccccc1Nc1nc(Nc2ccc3c(c2)/C(=C/c2ccccc2)C(=O)N3)ncc1Cl. The van der Waals surface area contributed by atoms with Crippen molar-refractivity contribution in [3.63, 3.8) is 0 Å². The number of rotatable bonds is 7. The van der Waals surface area contributed by atoms with Gasteiger partial charge in [-0.15, -0.1) is 0 Å². The van der Waals surface area contributed by atoms with Crippen molar-refractivity contribution in [1.29, 1.82) is 0 Å². The second kappa shape index (κ2) is 10.3. The summed E-state index contributed by atoms with van der Waals surface area (Å²) in [5.41, 5.74) is 4.85. The highest BCUT2D eigenvalue weighted by atomic mass is 35.5. The third-order valence-electron chi connectivity index (χ3n) is 5.54. The van der Waals surface area contributed by atoms with Crippen LogP contribution in [0.3, 0.4) is 0 Å². The van der Waals surface area contributed by atoms with Crippen LogP contribution in [0.25, 0.3) is 11.6 Å². The highest BCUT2D eigenvalue weighted by molar-refractivity contribution is 6.35. The molecule has 9 heteroatoms. The number of fused-ring (bicyclic) bond motifs is 1. The molecule has 2 heterocycles. The fourth-order valence-corrected chi connectivity index (χ4v) is 3.92. The lowest BCUT2D eigenvalue weighted by molar-refractivity contribution is -0.112. The molecule has 5 rings (SSSR count). The van der Waals surface area contributed by atoms with Crippen molar-refractivity contribution >= 4 is 69.6 Å². The number of nitrogens with zero attached hydrogens (tertiary/aromatic N) is 2. The van der Waals surface area contributed by atoms with Gasteiger partial charge in [0.25, 0.3) is 5.91 Å². The Morgan fingerprint density at radius 2 is 1.73 bits per heavy atom. The summed E-state index contributed by atoms with van der Waals surface area (Å²) in [6.45, 7) is 3.48. The molecule has 0 radical (unpaired) electrons. The van der Waals surface area contributed by atoms with Crippen LogP contribution < -0.4 is 21.3 Å². The van der Waals surface area contributed by atoms with Gasteiger partial charge in [-0.25, -0.2) is 4.98 Å². The van der Waals surface area contributed by atoms with E-state index in [-0.39, 0.29) is 11.8 Å². The molecule has 4 N–H and O–H groups in total. The van der Waals surface area contributed by atoms with Crippen LogP contribution in [0.1, 0.15) is 11.1 Å². The number of anilines is 6. The highest BCUT2D eigenvalue weighted by Gasteiger charge is 2.24. The maximum atomic E-state index is 12.6. The molecular formula is C28H21ClN6O2. The van der Waals surface area contributed by atoms with Crippen molar-refractivity contribution < 1.29 is 9.59 Å². The number of halogens is 1. The van der Waals surface area contributed by atoms with Crippen LogP contribution in [-0.4, -0.2) is 21.8 Å². The van der Waals surface area contributed by atoms with Gasteiger partial charge in [0.1, 0.15) is 5.02 Å². The summed E-state index contributed by atoms with van der Waals surface area (Å²) in [6.07, 6.45) is 4.52. The Morgan fingerprint density at radius 3 is 2.51 bits per heavy atom. The largest absolute Gasteiger partial charge is 0.337 e. The number of aromatic nitrogens is 2. The van der Waals surface area contributed by atoms with E-state index in [1.165, 1.54) is 12.3 Å². The summed E-state index contributed by atoms with van der Waals surface area (Å²) in [7, 11) is 0. The van der Waals surface area contributed by atoms with Crippen molar-refractivity contribution in [2.45, 2.75) is 0 Å². The first-order valence-electron chi connectivity index (χ1n) is 11.3. The van der Waals surface area contributed by atoms with E-state index in [1.54, 1.807) is 18.2 Å². The summed E-state index contributed by atoms with van der Waals surface area (Å²) in [5.74, 6) is 0.149. The van der Waals surface area contributed by atoms with E-state index in [4.69, 9.17) is 11.6 Å². The van der Waals surface area contributed by atoms with E-state index in [9.17, 15) is 9.59 Å². The molecule has 0 bridgehead atoms. The Kier molecular flexibility index (Phi) is 6.65. The van der Waals surface area contributed by atoms with Crippen molar-refractivity contribution in [3.05, 3.63) is 108 Å². The van der Waals surface area contributed by atoms with Gasteiger partial charge < -0.3 is 21.3 Å². The lowest BCUT2D eigenvalue weighted by Gasteiger charge is -2.14. The van der Waals surface area contributed by atoms with Crippen molar-refractivity contribution in [2.75, 3.05) is 21.3 Å². The average Bonchev–Trinajstić information content (AvgIpc) is 3.21. The summed E-state index contributed by atoms with van der Waals surface area (Å²) < 4.78 is 0. The van der Waals surface area contributed by atoms with E-state index in [0.29, 0.717) is 39.4 Å². The molecule has 1 aromatic heterocycles. The number of nitrogens with one attached hydrogen (secondary N) is 4. The molecule has 182 valence electrons. The molecule has 3 aromatic carbocycles. The van der Waals surface area contributed by atoms with E-state index in [0.717, 1.165) is 16.8 Å². The molecule has 4 aromatic rings. The highest BCUT2D eigenvalue weighted by Crippen LogP contribution is 2.36. The summed E-state index contributed by atoms with van der Waals surface area (Å²) in [4.78, 5) is 33.2. The molecule has 37 heavy (non-hydrogen) atoms. The summed E-state index contributed by atoms with van der Waals surface area (Å²) >= 11 is 6.35. The molecule has 1 aliphatic rings. The standard InChI is InChI=1S/C28H21ClN6O2/c1-2-25(36)32-23-10-6-7-11-24(23)33-26-21(29)16-30-28(35-26)31-18-12-13-22-19(15-18)20(27(37)34-22)14-17-8-4-3-5-9-17/h2-16H,1H2,(H,32,36)(H,34,37)(H2,30,31,33,35)/b20-14-. The van der Waals surface area contributed by atoms with Gasteiger partial charge in [-0.1, -0.05) is 60.6 Å². The van der Waals surface area contributed by atoms with Crippen molar-refractivity contribution in [1.82, 2.24) is 9.97 Å². The molecule has 0 saturated carbocycles.